The van der Waals surface area contributed by atoms with E-state index in [1.807, 2.05) is 19.3 Å². The minimum Gasteiger partial charge on any atom is -0.414 e. The Kier molecular flexibility index (Phi) is 6.20. The minimum absolute atomic E-state index is 1.27. The molecule has 3 heteroatoms. The number of nitrogens with zero attached hydrogens (tertiary/aromatic N) is 1. The van der Waals surface area contributed by atoms with Gasteiger partial charge in [0.15, 0.2) is 6.40 Å². The zero-order valence-electron chi connectivity index (χ0n) is 5.00. The molecule has 0 spiro atoms. The second-order valence-corrected chi connectivity index (χ2v) is 1.53. The van der Waals surface area contributed by atoms with Crippen LogP contribution in [0.5, 0.6) is 0 Å². The molecule has 0 aliphatic rings. The number of rotatable bonds is 3. The van der Waals surface area contributed by atoms with Crippen molar-refractivity contribution in [3.8, 4) is 0 Å². The van der Waals surface area contributed by atoms with Crippen molar-refractivity contribution >= 4 is 18.4 Å². The molecule has 0 radical (unpaired) electrons. The van der Waals surface area contributed by atoms with Crippen LogP contribution in [0.25, 0.3) is 0 Å². The Morgan fingerprint density at radius 2 is 2.38 bits per heavy atom. The molecule has 0 rings (SSSR count). The second-order valence-electron chi connectivity index (χ2n) is 1.000. The van der Waals surface area contributed by atoms with Crippen molar-refractivity contribution in [3.05, 3.63) is 12.3 Å². The van der Waals surface area contributed by atoms with Crippen molar-refractivity contribution in [1.82, 2.24) is 0 Å². The largest absolute Gasteiger partial charge is 0.414 e. The van der Waals surface area contributed by atoms with Gasteiger partial charge >= 0.3 is 0 Å². The van der Waals surface area contributed by atoms with E-state index in [-0.39, 0.29) is 0 Å². The van der Waals surface area contributed by atoms with Gasteiger partial charge in [-0.15, -0.1) is 0 Å². The Hall–Kier alpha value is -0.440. The molecule has 46 valence electrons. The number of allylic oxidation sites excluding steroid dienone is 1. The summed E-state index contributed by atoms with van der Waals surface area (Å²) in [7, 11) is 0. The lowest BCUT2D eigenvalue weighted by Crippen LogP contribution is -1.69. The van der Waals surface area contributed by atoms with Crippen molar-refractivity contribution in [3.63, 3.8) is 0 Å². The summed E-state index contributed by atoms with van der Waals surface area (Å²) >= 11 is 1.27. The Balaban J connectivity index is 3.07. The lowest BCUT2D eigenvalue weighted by molar-refractivity contribution is 0.678. The van der Waals surface area contributed by atoms with Crippen LogP contribution in [0.4, 0.5) is 0 Å². The fraction of sp³-hybridized carbons (Fsp3) is 0.400. The fourth-order valence-electron chi connectivity index (χ4n) is 0.189. The summed E-state index contributed by atoms with van der Waals surface area (Å²) in [5.41, 5.74) is 0. The molecule has 0 unspecified atom stereocenters. The highest BCUT2D eigenvalue weighted by molar-refractivity contribution is 7.94. The summed E-state index contributed by atoms with van der Waals surface area (Å²) in [6.07, 6.45) is 6.72. The van der Waals surface area contributed by atoms with Gasteiger partial charge in [-0.1, -0.05) is 6.08 Å². The predicted octanol–water partition coefficient (Wildman–Crippen LogP) is 1.84. The molecule has 0 amide bonds. The summed E-state index contributed by atoms with van der Waals surface area (Å²) in [4.78, 5) is 3.73. The molecular formula is C5H9NOS. The standard InChI is InChI=1S/C5H9NOS/c1-3-4-6-5-7-8-2/h3-5H,1-2H3/b4-3-,6-5?. The molecule has 0 saturated carbocycles. The van der Waals surface area contributed by atoms with Crippen LogP contribution in [0.1, 0.15) is 6.92 Å². The van der Waals surface area contributed by atoms with Crippen LogP contribution < -0.4 is 0 Å². The van der Waals surface area contributed by atoms with Crippen LogP contribution in [0, 0.1) is 0 Å². The van der Waals surface area contributed by atoms with Crippen molar-refractivity contribution in [2.24, 2.45) is 4.99 Å². The normalized spacial score (nSPS) is 11.2. The van der Waals surface area contributed by atoms with Crippen molar-refractivity contribution in [1.29, 1.82) is 0 Å². The van der Waals surface area contributed by atoms with Gasteiger partial charge < -0.3 is 4.18 Å². The Morgan fingerprint density at radius 3 is 2.88 bits per heavy atom. The number of hydrogen-bond acceptors (Lipinski definition) is 3. The van der Waals surface area contributed by atoms with Crippen LogP contribution in [0.15, 0.2) is 17.3 Å². The molecule has 0 saturated heterocycles. The SMILES string of the molecule is C/C=C\N=COSC. The minimum atomic E-state index is 1.27. The topological polar surface area (TPSA) is 21.6 Å². The van der Waals surface area contributed by atoms with Crippen molar-refractivity contribution < 1.29 is 4.18 Å². The lowest BCUT2D eigenvalue weighted by Gasteiger charge is -1.83. The number of hydrogen-bond donors (Lipinski definition) is 0. The van der Waals surface area contributed by atoms with Crippen LogP contribution in [-0.2, 0) is 4.18 Å². The third-order valence-corrected chi connectivity index (χ3v) is 0.714. The van der Waals surface area contributed by atoms with E-state index in [9.17, 15) is 0 Å². The quantitative estimate of drug-likeness (QED) is 0.331. The maximum absolute atomic E-state index is 4.71. The molecular weight excluding hydrogens is 122 g/mol. The van der Waals surface area contributed by atoms with Gasteiger partial charge in [0.1, 0.15) is 0 Å². The highest BCUT2D eigenvalue weighted by Crippen LogP contribution is 1.88. The summed E-state index contributed by atoms with van der Waals surface area (Å²) in [5, 5.41) is 0. The monoisotopic (exact) mass is 131 g/mol. The van der Waals surface area contributed by atoms with Gasteiger partial charge in [-0.25, -0.2) is 4.99 Å². The summed E-state index contributed by atoms with van der Waals surface area (Å²) in [6.45, 7) is 1.90. The van der Waals surface area contributed by atoms with Crippen LogP contribution >= 0.6 is 12.0 Å². The molecule has 0 aromatic carbocycles. The molecule has 0 aromatic rings. The maximum Gasteiger partial charge on any atom is 0.190 e. The van der Waals surface area contributed by atoms with E-state index >= 15 is 0 Å². The molecule has 2 nitrogen and oxygen atoms in total. The first-order valence-electron chi connectivity index (χ1n) is 2.24. The van der Waals surface area contributed by atoms with E-state index in [1.54, 1.807) is 6.20 Å². The molecule has 0 aliphatic heterocycles. The molecule has 0 bridgehead atoms. The highest BCUT2D eigenvalue weighted by Gasteiger charge is 1.65. The van der Waals surface area contributed by atoms with Crippen LogP contribution in [0.3, 0.4) is 0 Å². The first-order chi connectivity index (χ1) is 3.91. The molecule has 0 fully saturated rings. The highest BCUT2D eigenvalue weighted by atomic mass is 32.2. The average molecular weight is 131 g/mol. The van der Waals surface area contributed by atoms with Gasteiger partial charge in [0.05, 0.1) is 12.0 Å². The zero-order chi connectivity index (χ0) is 6.24. The summed E-state index contributed by atoms with van der Waals surface area (Å²) < 4.78 is 4.71. The first-order valence-corrected chi connectivity index (χ1v) is 3.39. The Labute approximate surface area is 53.9 Å². The van der Waals surface area contributed by atoms with Gasteiger partial charge in [0.25, 0.3) is 0 Å². The molecule has 0 aromatic heterocycles. The van der Waals surface area contributed by atoms with Gasteiger partial charge in [-0.2, -0.15) is 0 Å². The van der Waals surface area contributed by atoms with Gasteiger partial charge in [-0.05, 0) is 6.92 Å². The molecule has 0 heterocycles. The Morgan fingerprint density at radius 1 is 1.62 bits per heavy atom. The summed E-state index contributed by atoms with van der Waals surface area (Å²) in [5.74, 6) is 0. The van der Waals surface area contributed by atoms with Crippen LogP contribution in [0.2, 0.25) is 0 Å². The predicted molar refractivity (Wildman–Crippen MR) is 37.9 cm³/mol. The van der Waals surface area contributed by atoms with E-state index < -0.39 is 0 Å². The van der Waals surface area contributed by atoms with E-state index in [0.29, 0.717) is 0 Å². The molecule has 0 aliphatic carbocycles. The van der Waals surface area contributed by atoms with Crippen LogP contribution in [-0.4, -0.2) is 12.7 Å². The molecule has 0 N–H and O–H groups in total. The fourth-order valence-corrected chi connectivity index (χ4v) is 0.325. The smallest absolute Gasteiger partial charge is 0.190 e. The summed E-state index contributed by atoms with van der Waals surface area (Å²) in [6, 6.07) is 0. The van der Waals surface area contributed by atoms with E-state index in [1.165, 1.54) is 18.4 Å². The van der Waals surface area contributed by atoms with E-state index in [2.05, 4.69) is 4.99 Å². The third kappa shape index (κ3) is 5.56. The maximum atomic E-state index is 4.71. The molecule has 0 atom stereocenters. The average Bonchev–Trinajstić information content (AvgIpc) is 1.81. The third-order valence-electron chi connectivity index (χ3n) is 0.435. The molecule has 8 heavy (non-hydrogen) atoms. The Bertz CT molecular complexity index is 90.4. The van der Waals surface area contributed by atoms with Gasteiger partial charge in [-0.3, -0.25) is 0 Å². The van der Waals surface area contributed by atoms with Gasteiger partial charge in [0, 0.05) is 12.5 Å². The van der Waals surface area contributed by atoms with Crippen molar-refractivity contribution in [2.75, 3.05) is 6.26 Å². The second kappa shape index (κ2) is 6.56. The van der Waals surface area contributed by atoms with E-state index in [4.69, 9.17) is 4.18 Å². The zero-order valence-corrected chi connectivity index (χ0v) is 5.81. The number of aliphatic imine (C=N–C) groups is 1. The lowest BCUT2D eigenvalue weighted by atomic mass is 10.7. The van der Waals surface area contributed by atoms with Gasteiger partial charge in [0.2, 0.25) is 0 Å². The van der Waals surface area contributed by atoms with E-state index in [0.717, 1.165) is 0 Å². The van der Waals surface area contributed by atoms with Crippen molar-refractivity contribution in [2.45, 2.75) is 6.92 Å². The first kappa shape index (κ1) is 7.56.